The third-order valence-electron chi connectivity index (χ3n) is 5.44. The molecular weight excluding hydrogens is 458 g/mol. The Morgan fingerprint density at radius 1 is 1.35 bits per heavy atom. The van der Waals surface area contributed by atoms with Crippen LogP contribution in [0.1, 0.15) is 29.7 Å². The molecule has 0 amide bonds. The third-order valence-corrected chi connectivity index (χ3v) is 8.02. The molecule has 1 aromatic carbocycles. The van der Waals surface area contributed by atoms with E-state index in [2.05, 4.69) is 14.4 Å². The zero-order valence-corrected chi connectivity index (χ0v) is 19.4. The van der Waals surface area contributed by atoms with E-state index in [9.17, 15) is 13.2 Å². The fourth-order valence-corrected chi connectivity index (χ4v) is 6.39. The van der Waals surface area contributed by atoms with Gasteiger partial charge in [0.1, 0.15) is 11.4 Å². The number of halogens is 1. The smallest absolute Gasteiger partial charge is 0.320 e. The van der Waals surface area contributed by atoms with Gasteiger partial charge in [-0.3, -0.25) is 9.79 Å². The lowest BCUT2D eigenvalue weighted by Gasteiger charge is -2.18. The van der Waals surface area contributed by atoms with E-state index in [0.29, 0.717) is 6.42 Å². The SMILES string of the molecule is COC(=O)CNS(=O)(=O)C[C@@H]1c2ccccc2C[C@H]1N=C(C)c1cc2cc(Cl)sc2[nH]1. The van der Waals surface area contributed by atoms with Crippen LogP contribution in [0.4, 0.5) is 0 Å². The van der Waals surface area contributed by atoms with Crippen molar-refractivity contribution < 1.29 is 17.9 Å². The molecule has 7 nitrogen and oxygen atoms in total. The molecule has 4 rings (SSSR count). The summed E-state index contributed by atoms with van der Waals surface area (Å²) in [5.41, 5.74) is 3.77. The molecule has 2 aromatic heterocycles. The highest BCUT2D eigenvalue weighted by atomic mass is 35.5. The summed E-state index contributed by atoms with van der Waals surface area (Å²) in [6.45, 7) is 1.53. The first-order chi connectivity index (χ1) is 14.8. The molecule has 0 saturated carbocycles. The predicted octanol–water partition coefficient (Wildman–Crippen LogP) is 3.49. The molecular formula is C21H22ClN3O4S2. The molecule has 0 saturated heterocycles. The number of benzene rings is 1. The Hall–Kier alpha value is -2.20. The Morgan fingerprint density at radius 2 is 2.13 bits per heavy atom. The second-order valence-electron chi connectivity index (χ2n) is 7.49. The van der Waals surface area contributed by atoms with Gasteiger partial charge in [0.2, 0.25) is 10.0 Å². The molecule has 164 valence electrons. The van der Waals surface area contributed by atoms with E-state index < -0.39 is 16.0 Å². The summed E-state index contributed by atoms with van der Waals surface area (Å²) in [5.74, 6) is -1.10. The molecule has 2 heterocycles. The summed E-state index contributed by atoms with van der Waals surface area (Å²) in [6.07, 6.45) is 0.658. The Bertz CT molecular complexity index is 1230. The topological polar surface area (TPSA) is 101 Å². The lowest BCUT2D eigenvalue weighted by atomic mass is 10.0. The van der Waals surface area contributed by atoms with Crippen molar-refractivity contribution in [2.75, 3.05) is 19.4 Å². The van der Waals surface area contributed by atoms with E-state index in [-0.39, 0.29) is 24.3 Å². The minimum atomic E-state index is -3.70. The number of aromatic nitrogens is 1. The molecule has 3 aromatic rings. The number of thiophene rings is 1. The second-order valence-corrected chi connectivity index (χ2v) is 11.0. The van der Waals surface area contributed by atoms with Crippen molar-refractivity contribution in [3.63, 3.8) is 0 Å². The molecule has 2 atom stereocenters. The van der Waals surface area contributed by atoms with Crippen LogP contribution in [0.15, 0.2) is 41.4 Å². The third kappa shape index (κ3) is 4.85. The first-order valence-electron chi connectivity index (χ1n) is 9.70. The summed E-state index contributed by atoms with van der Waals surface area (Å²) >= 11 is 7.53. The van der Waals surface area contributed by atoms with Crippen molar-refractivity contribution in [3.8, 4) is 0 Å². The number of fused-ring (bicyclic) bond motifs is 2. The van der Waals surface area contributed by atoms with E-state index >= 15 is 0 Å². The summed E-state index contributed by atoms with van der Waals surface area (Å²) in [5, 5.41) is 1.03. The molecule has 10 heteroatoms. The Morgan fingerprint density at radius 3 is 2.87 bits per heavy atom. The number of hydrogen-bond donors (Lipinski definition) is 2. The number of aromatic amines is 1. The minimum absolute atomic E-state index is 0.155. The standard InChI is InChI=1S/C21H22ClN3O4S2/c1-12(17-8-14-9-19(22)30-21(14)25-17)24-18-7-13-5-3-4-6-15(13)16(18)11-31(27,28)23-10-20(26)29-2/h3-6,8-9,16,18,23,25H,7,10-11H2,1-2H3/t16-,18-/m1/s1. The highest BCUT2D eigenvalue weighted by Gasteiger charge is 2.35. The van der Waals surface area contributed by atoms with Crippen molar-refractivity contribution >= 4 is 54.9 Å². The van der Waals surface area contributed by atoms with Gasteiger partial charge < -0.3 is 9.72 Å². The first-order valence-corrected chi connectivity index (χ1v) is 12.5. The lowest BCUT2D eigenvalue weighted by Crippen LogP contribution is -2.35. The van der Waals surface area contributed by atoms with Crippen LogP contribution in [-0.2, 0) is 26.0 Å². The van der Waals surface area contributed by atoms with Gasteiger partial charge in [-0.2, -0.15) is 0 Å². The van der Waals surface area contributed by atoms with Gasteiger partial charge in [-0.15, -0.1) is 11.3 Å². The summed E-state index contributed by atoms with van der Waals surface area (Å²) in [4.78, 5) is 20.6. The average Bonchev–Trinajstić information content (AvgIpc) is 3.37. The van der Waals surface area contributed by atoms with Crippen LogP contribution >= 0.6 is 22.9 Å². The molecule has 0 aliphatic heterocycles. The highest BCUT2D eigenvalue weighted by Crippen LogP contribution is 2.37. The highest BCUT2D eigenvalue weighted by molar-refractivity contribution is 7.89. The van der Waals surface area contributed by atoms with Crippen molar-refractivity contribution in [1.82, 2.24) is 9.71 Å². The van der Waals surface area contributed by atoms with E-state index in [1.165, 1.54) is 18.4 Å². The minimum Gasteiger partial charge on any atom is -0.468 e. The fraction of sp³-hybridized carbons (Fsp3) is 0.333. The Balaban J connectivity index is 1.60. The number of carbonyl (C=O) groups excluding carboxylic acids is 1. The van der Waals surface area contributed by atoms with Gasteiger partial charge in [-0.25, -0.2) is 13.1 Å². The molecule has 0 unspecified atom stereocenters. The zero-order chi connectivity index (χ0) is 22.2. The van der Waals surface area contributed by atoms with Crippen LogP contribution in [-0.4, -0.2) is 50.5 Å². The van der Waals surface area contributed by atoms with E-state index in [0.717, 1.165) is 37.1 Å². The molecule has 1 aliphatic rings. The van der Waals surface area contributed by atoms with Crippen LogP contribution in [0.2, 0.25) is 4.34 Å². The van der Waals surface area contributed by atoms with E-state index in [1.54, 1.807) is 0 Å². The van der Waals surface area contributed by atoms with Gasteiger partial charge in [0.15, 0.2) is 0 Å². The maximum atomic E-state index is 12.6. The fourth-order valence-electron chi connectivity index (χ4n) is 3.94. The van der Waals surface area contributed by atoms with Gasteiger partial charge in [-0.05, 0) is 36.6 Å². The van der Waals surface area contributed by atoms with Crippen molar-refractivity contribution in [2.24, 2.45) is 4.99 Å². The van der Waals surface area contributed by atoms with Crippen LogP contribution in [0, 0.1) is 0 Å². The maximum absolute atomic E-state index is 12.6. The first kappa shape index (κ1) is 22.0. The largest absolute Gasteiger partial charge is 0.468 e. The summed E-state index contributed by atoms with van der Waals surface area (Å²) < 4.78 is 32.9. The molecule has 0 spiro atoms. The molecule has 0 radical (unpaired) electrons. The number of aliphatic imine (C=N–C) groups is 1. The van der Waals surface area contributed by atoms with Crippen molar-refractivity contribution in [3.05, 3.63) is 57.6 Å². The van der Waals surface area contributed by atoms with Gasteiger partial charge in [0, 0.05) is 11.3 Å². The number of sulfonamides is 1. The number of nitrogens with zero attached hydrogens (tertiary/aromatic N) is 1. The lowest BCUT2D eigenvalue weighted by molar-refractivity contribution is -0.139. The normalized spacial score (nSPS) is 19.0. The Kier molecular flexibility index (Phi) is 6.20. The van der Waals surface area contributed by atoms with Gasteiger partial charge in [0.05, 0.1) is 34.6 Å². The number of rotatable bonds is 7. The number of nitrogens with one attached hydrogen (secondary N) is 2. The zero-order valence-electron chi connectivity index (χ0n) is 17.0. The quantitative estimate of drug-likeness (QED) is 0.400. The van der Waals surface area contributed by atoms with Gasteiger partial charge in [-0.1, -0.05) is 35.9 Å². The molecule has 0 fully saturated rings. The summed E-state index contributed by atoms with van der Waals surface area (Å²) in [7, 11) is -2.49. The molecule has 0 bridgehead atoms. The monoisotopic (exact) mass is 479 g/mol. The predicted molar refractivity (Wildman–Crippen MR) is 124 cm³/mol. The Labute approximate surface area is 189 Å². The number of methoxy groups -OCH3 is 1. The van der Waals surface area contributed by atoms with Crippen LogP contribution in [0.25, 0.3) is 10.2 Å². The average molecular weight is 480 g/mol. The van der Waals surface area contributed by atoms with Crippen molar-refractivity contribution in [1.29, 1.82) is 0 Å². The number of esters is 1. The molecule has 2 N–H and O–H groups in total. The van der Waals surface area contributed by atoms with Crippen molar-refractivity contribution in [2.45, 2.75) is 25.3 Å². The molecule has 1 aliphatic carbocycles. The van der Waals surface area contributed by atoms with Crippen LogP contribution in [0.3, 0.4) is 0 Å². The number of H-pyrrole nitrogens is 1. The molecule has 31 heavy (non-hydrogen) atoms. The second kappa shape index (κ2) is 8.74. The number of ether oxygens (including phenoxy) is 1. The number of carbonyl (C=O) groups is 1. The maximum Gasteiger partial charge on any atom is 0.320 e. The van der Waals surface area contributed by atoms with Crippen LogP contribution < -0.4 is 4.72 Å². The number of hydrogen-bond acceptors (Lipinski definition) is 6. The van der Waals surface area contributed by atoms with E-state index in [1.807, 2.05) is 43.3 Å². The van der Waals surface area contributed by atoms with Gasteiger partial charge >= 0.3 is 5.97 Å². The van der Waals surface area contributed by atoms with E-state index in [4.69, 9.17) is 16.6 Å². The summed E-state index contributed by atoms with van der Waals surface area (Å²) in [6, 6.07) is 11.5. The van der Waals surface area contributed by atoms with Crippen LogP contribution in [0.5, 0.6) is 0 Å². The van der Waals surface area contributed by atoms with Gasteiger partial charge in [0.25, 0.3) is 0 Å².